The monoisotopic (exact) mass is 248 g/mol. The predicted octanol–water partition coefficient (Wildman–Crippen LogP) is 1.62. The molecule has 1 amide bonds. The molecule has 1 rings (SSSR count). The van der Waals surface area contributed by atoms with E-state index in [-0.39, 0.29) is 24.1 Å². The van der Waals surface area contributed by atoms with E-state index in [1.54, 1.807) is 13.1 Å². The molecule has 18 heavy (non-hydrogen) atoms. The molecule has 3 nitrogen and oxygen atoms in total. The number of benzene rings is 1. The first-order valence-electron chi connectivity index (χ1n) is 5.73. The van der Waals surface area contributed by atoms with Gasteiger partial charge in [0.2, 0.25) is 0 Å². The minimum absolute atomic E-state index is 0.0219. The Morgan fingerprint density at radius 1 is 1.50 bits per heavy atom. The first-order chi connectivity index (χ1) is 8.47. The van der Waals surface area contributed by atoms with E-state index in [0.29, 0.717) is 5.56 Å². The zero-order valence-electron chi connectivity index (χ0n) is 10.8. The van der Waals surface area contributed by atoms with Crippen LogP contribution in [0.1, 0.15) is 29.8 Å². The van der Waals surface area contributed by atoms with Crippen molar-refractivity contribution in [3.8, 4) is 11.8 Å². The first kappa shape index (κ1) is 14.2. The fourth-order valence-electron chi connectivity index (χ4n) is 1.34. The molecular weight excluding hydrogens is 231 g/mol. The van der Waals surface area contributed by atoms with Crippen LogP contribution in [-0.2, 0) is 0 Å². The van der Waals surface area contributed by atoms with Gasteiger partial charge in [0.25, 0.3) is 5.91 Å². The van der Waals surface area contributed by atoms with E-state index >= 15 is 0 Å². The van der Waals surface area contributed by atoms with Crippen molar-refractivity contribution in [3.63, 3.8) is 0 Å². The van der Waals surface area contributed by atoms with Crippen molar-refractivity contribution in [1.29, 1.82) is 0 Å². The lowest BCUT2D eigenvalue weighted by Gasteiger charge is -2.21. The molecule has 0 fully saturated rings. The van der Waals surface area contributed by atoms with Gasteiger partial charge >= 0.3 is 0 Å². The lowest BCUT2D eigenvalue weighted by molar-refractivity contribution is 0.0750. The van der Waals surface area contributed by atoms with Crippen LogP contribution in [-0.4, -0.2) is 30.4 Å². The molecule has 0 atom stereocenters. The van der Waals surface area contributed by atoms with Gasteiger partial charge in [-0.1, -0.05) is 11.8 Å². The molecule has 96 valence electrons. The van der Waals surface area contributed by atoms with Gasteiger partial charge in [0.1, 0.15) is 5.82 Å². The maximum absolute atomic E-state index is 13.8. The minimum atomic E-state index is -0.559. The molecule has 0 spiro atoms. The average Bonchev–Trinajstić information content (AvgIpc) is 2.34. The number of carbonyl (C=O) groups is 1. The lowest BCUT2D eigenvalue weighted by atomic mass is 10.1. The van der Waals surface area contributed by atoms with E-state index in [2.05, 4.69) is 11.8 Å². The van der Waals surface area contributed by atoms with E-state index in [1.807, 2.05) is 13.8 Å². The molecule has 1 aromatic rings. The first-order valence-corrected chi connectivity index (χ1v) is 5.73. The highest BCUT2D eigenvalue weighted by Crippen LogP contribution is 2.13. The molecule has 0 aliphatic heterocycles. The van der Waals surface area contributed by atoms with Gasteiger partial charge in [-0.3, -0.25) is 4.79 Å². The molecule has 0 aliphatic carbocycles. The van der Waals surface area contributed by atoms with Crippen LogP contribution in [0.4, 0.5) is 4.39 Å². The Hall–Kier alpha value is -1.86. The van der Waals surface area contributed by atoms with E-state index in [4.69, 9.17) is 5.73 Å². The smallest absolute Gasteiger partial charge is 0.256 e. The molecule has 0 radical (unpaired) electrons. The zero-order chi connectivity index (χ0) is 13.7. The summed E-state index contributed by atoms with van der Waals surface area (Å²) in [7, 11) is 1.65. The summed E-state index contributed by atoms with van der Waals surface area (Å²) in [6.45, 7) is 3.96. The fraction of sp³-hybridized carbons (Fsp3) is 0.357. The Morgan fingerprint density at radius 3 is 2.67 bits per heavy atom. The molecule has 0 saturated carbocycles. The molecule has 0 aromatic heterocycles. The minimum Gasteiger partial charge on any atom is -0.339 e. The molecule has 0 aliphatic rings. The summed E-state index contributed by atoms with van der Waals surface area (Å²) in [5.74, 6) is 4.47. The summed E-state index contributed by atoms with van der Waals surface area (Å²) >= 11 is 0. The number of hydrogen-bond donors (Lipinski definition) is 1. The number of nitrogens with zero attached hydrogens (tertiary/aromatic N) is 1. The third kappa shape index (κ3) is 3.31. The van der Waals surface area contributed by atoms with Gasteiger partial charge in [0, 0.05) is 18.7 Å². The average molecular weight is 248 g/mol. The number of rotatable bonds is 2. The standard InChI is InChI=1S/C14H17FN2O/c1-10(2)17(3)14(18)12-7-6-11(5-4-8-16)9-13(12)15/h6-7,9-10H,8,16H2,1-3H3. The van der Waals surface area contributed by atoms with Crippen LogP contribution < -0.4 is 5.73 Å². The van der Waals surface area contributed by atoms with Crippen molar-refractivity contribution in [2.45, 2.75) is 19.9 Å². The van der Waals surface area contributed by atoms with Gasteiger partial charge in [-0.15, -0.1) is 0 Å². The summed E-state index contributed by atoms with van der Waals surface area (Å²) in [6, 6.07) is 4.35. The van der Waals surface area contributed by atoms with Crippen molar-refractivity contribution in [2.75, 3.05) is 13.6 Å². The lowest BCUT2D eigenvalue weighted by Crippen LogP contribution is -2.33. The van der Waals surface area contributed by atoms with Crippen LogP contribution >= 0.6 is 0 Å². The highest BCUT2D eigenvalue weighted by Gasteiger charge is 2.18. The summed E-state index contributed by atoms with van der Waals surface area (Å²) in [5.41, 5.74) is 5.81. The Morgan fingerprint density at radius 2 is 2.17 bits per heavy atom. The van der Waals surface area contributed by atoms with Crippen LogP contribution in [0.25, 0.3) is 0 Å². The molecule has 0 heterocycles. The predicted molar refractivity (Wildman–Crippen MR) is 69.6 cm³/mol. The van der Waals surface area contributed by atoms with Crippen LogP contribution in [0.3, 0.4) is 0 Å². The highest BCUT2D eigenvalue weighted by molar-refractivity contribution is 5.94. The van der Waals surface area contributed by atoms with Gasteiger partial charge in [0.15, 0.2) is 0 Å². The Bertz CT molecular complexity index is 500. The molecule has 4 heteroatoms. The fourth-order valence-corrected chi connectivity index (χ4v) is 1.34. The highest BCUT2D eigenvalue weighted by atomic mass is 19.1. The molecule has 0 bridgehead atoms. The van der Waals surface area contributed by atoms with Crippen LogP contribution in [0.2, 0.25) is 0 Å². The van der Waals surface area contributed by atoms with Crippen molar-refractivity contribution < 1.29 is 9.18 Å². The maximum atomic E-state index is 13.8. The van der Waals surface area contributed by atoms with E-state index in [1.165, 1.54) is 17.0 Å². The number of amides is 1. The third-order valence-corrected chi connectivity index (χ3v) is 2.63. The quantitative estimate of drug-likeness (QED) is 0.808. The number of hydrogen-bond acceptors (Lipinski definition) is 2. The van der Waals surface area contributed by atoms with E-state index in [9.17, 15) is 9.18 Å². The second kappa shape index (κ2) is 6.18. The Balaban J connectivity index is 3.02. The van der Waals surface area contributed by atoms with Gasteiger partial charge in [-0.25, -0.2) is 4.39 Å². The van der Waals surface area contributed by atoms with Crippen LogP contribution in [0.5, 0.6) is 0 Å². The summed E-state index contributed by atoms with van der Waals surface area (Å²) in [4.78, 5) is 13.5. The maximum Gasteiger partial charge on any atom is 0.256 e. The van der Waals surface area contributed by atoms with Gasteiger partial charge in [-0.05, 0) is 32.0 Å². The molecule has 1 aromatic carbocycles. The summed E-state index contributed by atoms with van der Waals surface area (Å²) in [5, 5.41) is 0. The zero-order valence-corrected chi connectivity index (χ0v) is 10.8. The summed E-state index contributed by atoms with van der Waals surface area (Å²) in [6.07, 6.45) is 0. The Labute approximate surface area is 107 Å². The van der Waals surface area contributed by atoms with Gasteiger partial charge in [-0.2, -0.15) is 0 Å². The van der Waals surface area contributed by atoms with Crippen molar-refractivity contribution >= 4 is 5.91 Å². The third-order valence-electron chi connectivity index (χ3n) is 2.63. The topological polar surface area (TPSA) is 46.3 Å². The number of halogens is 1. The normalized spacial score (nSPS) is 9.89. The SMILES string of the molecule is CC(C)N(C)C(=O)c1ccc(C#CCN)cc1F. The number of nitrogens with two attached hydrogens (primary N) is 1. The van der Waals surface area contributed by atoms with Crippen molar-refractivity contribution in [3.05, 3.63) is 35.1 Å². The molecule has 2 N–H and O–H groups in total. The number of carbonyl (C=O) groups excluding carboxylic acids is 1. The van der Waals surface area contributed by atoms with Gasteiger partial charge in [0.05, 0.1) is 12.1 Å². The van der Waals surface area contributed by atoms with Gasteiger partial charge < -0.3 is 10.6 Å². The molecular formula is C14H17FN2O. The van der Waals surface area contributed by atoms with Crippen LogP contribution in [0.15, 0.2) is 18.2 Å². The largest absolute Gasteiger partial charge is 0.339 e. The van der Waals surface area contributed by atoms with Crippen molar-refractivity contribution in [1.82, 2.24) is 4.90 Å². The molecule has 0 unspecified atom stereocenters. The second-order valence-electron chi connectivity index (χ2n) is 4.21. The van der Waals surface area contributed by atoms with E-state index < -0.39 is 5.82 Å². The van der Waals surface area contributed by atoms with Crippen LogP contribution in [0, 0.1) is 17.7 Å². The second-order valence-corrected chi connectivity index (χ2v) is 4.21. The Kier molecular flexibility index (Phi) is 4.87. The van der Waals surface area contributed by atoms with E-state index in [0.717, 1.165) is 0 Å². The molecule has 0 saturated heterocycles. The van der Waals surface area contributed by atoms with Crippen molar-refractivity contribution in [2.24, 2.45) is 5.73 Å². The summed E-state index contributed by atoms with van der Waals surface area (Å²) < 4.78 is 13.8.